The molecule has 0 aromatic rings. The van der Waals surface area contributed by atoms with E-state index < -0.39 is 23.8 Å². The zero-order valence-corrected chi connectivity index (χ0v) is 8.87. The summed E-state index contributed by atoms with van der Waals surface area (Å²) in [6, 6.07) is 0.975. The summed E-state index contributed by atoms with van der Waals surface area (Å²) < 4.78 is 4.93. The van der Waals surface area contributed by atoms with Crippen LogP contribution in [0.5, 0.6) is 0 Å². The van der Waals surface area contributed by atoms with Crippen molar-refractivity contribution >= 4 is 6.09 Å². The summed E-state index contributed by atoms with van der Waals surface area (Å²) >= 11 is 0. The Morgan fingerprint density at radius 1 is 1.57 bits per heavy atom. The lowest BCUT2D eigenvalue weighted by atomic mass is 10.2. The van der Waals surface area contributed by atoms with Crippen LogP contribution in [0.3, 0.4) is 0 Å². The number of rotatable bonds is 2. The van der Waals surface area contributed by atoms with Crippen LogP contribution in [-0.2, 0) is 4.74 Å². The number of hydrogen-bond acceptors (Lipinski definition) is 4. The van der Waals surface area contributed by atoms with E-state index in [9.17, 15) is 4.79 Å². The quantitative estimate of drug-likeness (QED) is 0.645. The van der Waals surface area contributed by atoms with Crippen molar-refractivity contribution in [3.05, 3.63) is 0 Å². The number of aliphatic hydroxyl groups excluding tert-OH is 1. The Morgan fingerprint density at radius 2 is 2.07 bits per heavy atom. The molecule has 14 heavy (non-hydrogen) atoms. The maximum Gasteiger partial charge on any atom is 0.407 e. The minimum absolute atomic E-state index is 0.582. The molecule has 0 fully saturated rings. The molecule has 0 heterocycles. The molecule has 0 aliphatic carbocycles. The second kappa shape index (κ2) is 4.82. The van der Waals surface area contributed by atoms with Gasteiger partial charge in [0, 0.05) is 0 Å². The van der Waals surface area contributed by atoms with Gasteiger partial charge in [-0.2, -0.15) is 5.26 Å². The van der Waals surface area contributed by atoms with Crippen LogP contribution in [0.2, 0.25) is 0 Å². The number of carbonyl (C=O) groups excluding carboxylic acids is 1. The Bertz CT molecular complexity index is 239. The molecule has 1 amide bonds. The van der Waals surface area contributed by atoms with Crippen LogP contribution in [-0.4, -0.2) is 28.9 Å². The van der Waals surface area contributed by atoms with Gasteiger partial charge in [-0.3, -0.25) is 0 Å². The van der Waals surface area contributed by atoms with Gasteiger partial charge in [-0.25, -0.2) is 4.79 Å². The van der Waals surface area contributed by atoms with Crippen molar-refractivity contribution in [1.29, 1.82) is 5.26 Å². The molecule has 0 aromatic carbocycles. The van der Waals surface area contributed by atoms with Gasteiger partial charge in [-0.1, -0.05) is 0 Å². The van der Waals surface area contributed by atoms with Gasteiger partial charge in [-0.15, -0.1) is 0 Å². The normalized spacial score (nSPS) is 15.1. The molecule has 5 heteroatoms. The fourth-order valence-electron chi connectivity index (χ4n) is 0.684. The number of nitrogens with one attached hydrogen (secondary N) is 1. The molecular weight excluding hydrogens is 184 g/mol. The summed E-state index contributed by atoms with van der Waals surface area (Å²) in [5.41, 5.74) is -0.582. The molecule has 0 radical (unpaired) electrons. The average Bonchev–Trinajstić information content (AvgIpc) is 1.99. The highest BCUT2D eigenvalue weighted by Crippen LogP contribution is 2.06. The lowest BCUT2D eigenvalue weighted by molar-refractivity contribution is 0.0468. The van der Waals surface area contributed by atoms with E-state index in [4.69, 9.17) is 15.1 Å². The van der Waals surface area contributed by atoms with Crippen LogP contribution in [0.4, 0.5) is 4.79 Å². The van der Waals surface area contributed by atoms with Gasteiger partial charge in [0.1, 0.15) is 5.60 Å². The molecule has 0 aliphatic heterocycles. The maximum absolute atomic E-state index is 11.1. The Balaban J connectivity index is 4.03. The molecule has 80 valence electrons. The van der Waals surface area contributed by atoms with Gasteiger partial charge in [-0.05, 0) is 27.7 Å². The zero-order chi connectivity index (χ0) is 11.4. The zero-order valence-electron chi connectivity index (χ0n) is 8.87. The molecular formula is C9H16N2O3. The number of nitriles is 1. The van der Waals surface area contributed by atoms with Crippen LogP contribution in [0.1, 0.15) is 27.7 Å². The van der Waals surface area contributed by atoms with Crippen molar-refractivity contribution < 1.29 is 14.6 Å². The van der Waals surface area contributed by atoms with Crippen LogP contribution in [0, 0.1) is 11.3 Å². The lowest BCUT2D eigenvalue weighted by Crippen LogP contribution is -2.43. The van der Waals surface area contributed by atoms with E-state index in [1.807, 2.05) is 0 Å². The van der Waals surface area contributed by atoms with E-state index in [-0.39, 0.29) is 0 Å². The molecule has 5 nitrogen and oxygen atoms in total. The average molecular weight is 200 g/mol. The molecule has 2 atom stereocenters. The Kier molecular flexibility index (Phi) is 4.38. The largest absolute Gasteiger partial charge is 0.444 e. The third-order valence-electron chi connectivity index (χ3n) is 1.35. The van der Waals surface area contributed by atoms with Crippen LogP contribution >= 0.6 is 0 Å². The Labute approximate surface area is 83.7 Å². The Morgan fingerprint density at radius 3 is 2.43 bits per heavy atom. The number of hydrogen-bond donors (Lipinski definition) is 2. The van der Waals surface area contributed by atoms with E-state index in [0.717, 1.165) is 0 Å². The second-order valence-corrected chi connectivity index (χ2v) is 4.01. The number of nitrogens with zero attached hydrogens (tertiary/aromatic N) is 1. The number of amides is 1. The molecule has 1 unspecified atom stereocenters. The molecule has 0 bridgehead atoms. The van der Waals surface area contributed by atoms with Gasteiger partial charge in [0.2, 0.25) is 0 Å². The van der Waals surface area contributed by atoms with Crippen LogP contribution < -0.4 is 5.32 Å². The van der Waals surface area contributed by atoms with Crippen molar-refractivity contribution in [3.63, 3.8) is 0 Å². The van der Waals surface area contributed by atoms with E-state index in [1.54, 1.807) is 26.8 Å². The second-order valence-electron chi connectivity index (χ2n) is 4.01. The van der Waals surface area contributed by atoms with Gasteiger partial charge < -0.3 is 15.2 Å². The Hall–Kier alpha value is -1.28. The summed E-state index contributed by atoms with van der Waals surface area (Å²) in [4.78, 5) is 11.1. The topological polar surface area (TPSA) is 82.3 Å². The minimum Gasteiger partial charge on any atom is -0.444 e. The lowest BCUT2D eigenvalue weighted by Gasteiger charge is -2.22. The van der Waals surface area contributed by atoms with Gasteiger partial charge in [0.05, 0.1) is 12.1 Å². The molecule has 2 N–H and O–H groups in total. The first-order valence-electron chi connectivity index (χ1n) is 4.33. The summed E-state index contributed by atoms with van der Waals surface area (Å²) in [6.07, 6.45) is -1.86. The van der Waals surface area contributed by atoms with Gasteiger partial charge in [0.15, 0.2) is 6.10 Å². The summed E-state index contributed by atoms with van der Waals surface area (Å²) in [5, 5.41) is 19.8. The van der Waals surface area contributed by atoms with Crippen molar-refractivity contribution in [2.75, 3.05) is 0 Å². The smallest absolute Gasteiger partial charge is 0.407 e. The van der Waals surface area contributed by atoms with Crippen molar-refractivity contribution in [2.45, 2.75) is 45.4 Å². The summed E-state index contributed by atoms with van der Waals surface area (Å²) in [6.45, 7) is 6.73. The number of carbonyl (C=O) groups is 1. The highest BCUT2D eigenvalue weighted by atomic mass is 16.6. The predicted octanol–water partition coefficient (Wildman–Crippen LogP) is 0.784. The molecule has 0 spiro atoms. The van der Waals surface area contributed by atoms with E-state index in [0.29, 0.717) is 0 Å². The summed E-state index contributed by atoms with van der Waals surface area (Å²) in [5.74, 6) is 0. The number of ether oxygens (including phenoxy) is 1. The van der Waals surface area contributed by atoms with Gasteiger partial charge >= 0.3 is 6.09 Å². The standard InChI is InChI=1S/C9H16N2O3/c1-6(7(12)5-10)11-8(13)14-9(2,3)4/h6-7,12H,1-4H3,(H,11,13)/t6-,7?/m1/s1. The molecule has 0 aromatic heterocycles. The van der Waals surface area contributed by atoms with E-state index >= 15 is 0 Å². The third-order valence-corrected chi connectivity index (χ3v) is 1.35. The summed E-state index contributed by atoms with van der Waals surface area (Å²) in [7, 11) is 0. The van der Waals surface area contributed by atoms with Crippen molar-refractivity contribution in [2.24, 2.45) is 0 Å². The predicted molar refractivity (Wildman–Crippen MR) is 50.5 cm³/mol. The first kappa shape index (κ1) is 12.7. The van der Waals surface area contributed by atoms with Gasteiger partial charge in [0.25, 0.3) is 0 Å². The fraction of sp³-hybridized carbons (Fsp3) is 0.778. The number of alkyl carbamates (subject to hydrolysis) is 1. The van der Waals surface area contributed by atoms with Crippen LogP contribution in [0.15, 0.2) is 0 Å². The van der Waals surface area contributed by atoms with Crippen molar-refractivity contribution in [3.8, 4) is 6.07 Å². The van der Waals surface area contributed by atoms with E-state index in [2.05, 4.69) is 5.32 Å². The molecule has 0 aliphatic rings. The van der Waals surface area contributed by atoms with Crippen LogP contribution in [0.25, 0.3) is 0 Å². The van der Waals surface area contributed by atoms with E-state index in [1.165, 1.54) is 6.92 Å². The maximum atomic E-state index is 11.1. The first-order chi connectivity index (χ1) is 6.26. The third kappa shape index (κ3) is 5.38. The minimum atomic E-state index is -1.22. The highest BCUT2D eigenvalue weighted by Gasteiger charge is 2.20. The molecule has 0 saturated heterocycles. The highest BCUT2D eigenvalue weighted by molar-refractivity contribution is 5.68. The SMILES string of the molecule is C[C@@H](NC(=O)OC(C)(C)C)C(O)C#N. The fourth-order valence-corrected chi connectivity index (χ4v) is 0.684. The number of aliphatic hydroxyl groups is 1. The first-order valence-corrected chi connectivity index (χ1v) is 4.33. The monoisotopic (exact) mass is 200 g/mol. The van der Waals surface area contributed by atoms with Crippen molar-refractivity contribution in [1.82, 2.24) is 5.32 Å². The molecule has 0 saturated carbocycles. The molecule has 0 rings (SSSR count).